The molecular formula is C22H26F3N3O4S. The number of nitrogens with one attached hydrogen (secondary N) is 1. The largest absolute Gasteiger partial charge is 0.573 e. The van der Waals surface area contributed by atoms with Gasteiger partial charge in [-0.15, -0.1) is 13.2 Å². The summed E-state index contributed by atoms with van der Waals surface area (Å²) in [5.74, 6) is -0.394. The molecule has 1 saturated heterocycles. The van der Waals surface area contributed by atoms with Crippen molar-refractivity contribution in [3.8, 4) is 5.75 Å². The number of rotatable bonds is 8. The third-order valence-electron chi connectivity index (χ3n) is 5.25. The third-order valence-corrected chi connectivity index (χ3v) is 6.73. The van der Waals surface area contributed by atoms with Crippen LogP contribution in [0.1, 0.15) is 17.5 Å². The highest BCUT2D eigenvalue weighted by Crippen LogP contribution is 2.23. The summed E-state index contributed by atoms with van der Waals surface area (Å²) in [5.41, 5.74) is 1.80. The zero-order valence-corrected chi connectivity index (χ0v) is 19.0. The van der Waals surface area contributed by atoms with Crippen molar-refractivity contribution in [3.05, 3.63) is 59.7 Å². The molecule has 2 aromatic rings. The van der Waals surface area contributed by atoms with Gasteiger partial charge in [-0.2, -0.15) is 0 Å². The Kier molecular flexibility index (Phi) is 7.98. The first-order valence-electron chi connectivity index (χ1n) is 10.4. The van der Waals surface area contributed by atoms with Gasteiger partial charge in [0.1, 0.15) is 5.75 Å². The maximum absolute atomic E-state index is 12.4. The Morgan fingerprint density at radius 1 is 1.00 bits per heavy atom. The Hall–Kier alpha value is -2.63. The van der Waals surface area contributed by atoms with Crippen LogP contribution >= 0.6 is 0 Å². The third kappa shape index (κ3) is 7.72. The molecule has 3 rings (SSSR count). The Bertz CT molecular complexity index is 1030. The Morgan fingerprint density at radius 2 is 1.61 bits per heavy atom. The van der Waals surface area contributed by atoms with Crippen molar-refractivity contribution < 1.29 is 31.1 Å². The fourth-order valence-corrected chi connectivity index (χ4v) is 4.49. The van der Waals surface area contributed by atoms with Gasteiger partial charge in [0, 0.05) is 45.7 Å². The Balaban J connectivity index is 1.40. The Labute approximate surface area is 191 Å². The fraction of sp³-hybridized carbons (Fsp3) is 0.409. The molecule has 2 aromatic carbocycles. The lowest BCUT2D eigenvalue weighted by Crippen LogP contribution is -2.48. The fourth-order valence-electron chi connectivity index (χ4n) is 3.46. The van der Waals surface area contributed by atoms with Gasteiger partial charge in [0.2, 0.25) is 15.9 Å². The molecule has 1 fully saturated rings. The van der Waals surface area contributed by atoms with Crippen LogP contribution in [0.2, 0.25) is 0 Å². The number of sulfonamides is 1. The summed E-state index contributed by atoms with van der Waals surface area (Å²) in [6.45, 7) is 4.65. The van der Waals surface area contributed by atoms with Crippen molar-refractivity contribution >= 4 is 15.9 Å². The van der Waals surface area contributed by atoms with Crippen LogP contribution < -0.4 is 9.46 Å². The first-order chi connectivity index (χ1) is 15.5. The van der Waals surface area contributed by atoms with E-state index in [1.165, 1.54) is 24.3 Å². The second-order valence-corrected chi connectivity index (χ2v) is 9.58. The normalized spacial score (nSPS) is 15.5. The van der Waals surface area contributed by atoms with Gasteiger partial charge in [-0.1, -0.05) is 29.8 Å². The van der Waals surface area contributed by atoms with Crippen molar-refractivity contribution in [3.63, 3.8) is 0 Å². The van der Waals surface area contributed by atoms with E-state index >= 15 is 0 Å². The number of alkyl halides is 3. The van der Waals surface area contributed by atoms with Crippen molar-refractivity contribution in [1.29, 1.82) is 0 Å². The lowest BCUT2D eigenvalue weighted by Gasteiger charge is -2.34. The van der Waals surface area contributed by atoms with Gasteiger partial charge >= 0.3 is 6.36 Å². The van der Waals surface area contributed by atoms with Crippen molar-refractivity contribution in [2.45, 2.75) is 31.1 Å². The topological polar surface area (TPSA) is 79.0 Å². The summed E-state index contributed by atoms with van der Waals surface area (Å²) in [6.07, 6.45) is -4.66. The number of ether oxygens (including phenoxy) is 1. The van der Waals surface area contributed by atoms with E-state index in [1.807, 2.05) is 6.92 Å². The van der Waals surface area contributed by atoms with Crippen LogP contribution in [0.5, 0.6) is 5.75 Å². The number of amides is 1. The number of benzene rings is 2. The minimum Gasteiger partial charge on any atom is -0.406 e. The highest BCUT2D eigenvalue weighted by molar-refractivity contribution is 7.89. The van der Waals surface area contributed by atoms with Gasteiger partial charge in [0.15, 0.2) is 0 Å². The van der Waals surface area contributed by atoms with E-state index in [-0.39, 0.29) is 29.5 Å². The van der Waals surface area contributed by atoms with E-state index < -0.39 is 16.4 Å². The number of carbonyl (C=O) groups excluding carboxylic acids is 1. The van der Waals surface area contributed by atoms with Crippen LogP contribution in [0.3, 0.4) is 0 Å². The van der Waals surface area contributed by atoms with Gasteiger partial charge in [0.05, 0.1) is 4.90 Å². The number of hydrogen-bond donors (Lipinski definition) is 1. The van der Waals surface area contributed by atoms with Gasteiger partial charge in [-0.25, -0.2) is 13.1 Å². The number of carbonyl (C=O) groups is 1. The summed E-state index contributed by atoms with van der Waals surface area (Å²) in [6, 6.07) is 12.2. The summed E-state index contributed by atoms with van der Waals surface area (Å²) in [5, 5.41) is 0. The number of aryl methyl sites for hydroxylation is 1. The number of nitrogens with zero attached hydrogens (tertiary/aromatic N) is 2. The molecule has 0 saturated carbocycles. The lowest BCUT2D eigenvalue weighted by molar-refractivity contribution is -0.274. The molecule has 180 valence electrons. The average Bonchev–Trinajstić information content (AvgIpc) is 2.75. The molecule has 33 heavy (non-hydrogen) atoms. The van der Waals surface area contributed by atoms with Crippen molar-refractivity contribution in [2.75, 3.05) is 32.7 Å². The first kappa shape index (κ1) is 25.0. The van der Waals surface area contributed by atoms with Gasteiger partial charge in [0.25, 0.3) is 0 Å². The predicted octanol–water partition coefficient (Wildman–Crippen LogP) is 2.91. The maximum Gasteiger partial charge on any atom is 0.573 e. The first-order valence-corrected chi connectivity index (χ1v) is 11.9. The minimum atomic E-state index is -4.72. The number of halogens is 3. The van der Waals surface area contributed by atoms with Gasteiger partial charge in [-0.3, -0.25) is 9.69 Å². The average molecular weight is 486 g/mol. The lowest BCUT2D eigenvalue weighted by atomic mass is 10.2. The van der Waals surface area contributed by atoms with E-state index in [0.717, 1.165) is 11.1 Å². The highest BCUT2D eigenvalue weighted by Gasteiger charge is 2.31. The smallest absolute Gasteiger partial charge is 0.406 e. The monoisotopic (exact) mass is 485 g/mol. The van der Waals surface area contributed by atoms with Crippen molar-refractivity contribution in [2.24, 2.45) is 0 Å². The molecule has 1 aliphatic heterocycles. The molecule has 0 spiro atoms. The highest BCUT2D eigenvalue weighted by atomic mass is 32.2. The minimum absolute atomic E-state index is 0.0155. The van der Waals surface area contributed by atoms with E-state index in [4.69, 9.17) is 0 Å². The Morgan fingerprint density at radius 3 is 2.18 bits per heavy atom. The molecule has 0 aliphatic carbocycles. The molecule has 0 unspecified atom stereocenters. The van der Waals surface area contributed by atoms with Crippen LogP contribution in [-0.2, 0) is 21.4 Å². The van der Waals surface area contributed by atoms with Crippen LogP contribution in [0.4, 0.5) is 13.2 Å². The molecule has 0 atom stereocenters. The van der Waals surface area contributed by atoms with E-state index in [2.05, 4.69) is 14.4 Å². The van der Waals surface area contributed by atoms with Crippen LogP contribution in [0.15, 0.2) is 53.4 Å². The summed E-state index contributed by atoms with van der Waals surface area (Å²) in [7, 11) is -3.66. The van der Waals surface area contributed by atoms with Gasteiger partial charge in [-0.05, 0) is 36.8 Å². The molecule has 1 amide bonds. The molecule has 11 heteroatoms. The number of piperazine rings is 1. The zero-order chi connectivity index (χ0) is 24.1. The van der Waals surface area contributed by atoms with Gasteiger partial charge < -0.3 is 9.64 Å². The predicted molar refractivity (Wildman–Crippen MR) is 116 cm³/mol. The second kappa shape index (κ2) is 10.5. The van der Waals surface area contributed by atoms with Crippen molar-refractivity contribution in [1.82, 2.24) is 14.5 Å². The summed E-state index contributed by atoms with van der Waals surface area (Å²) >= 11 is 0. The molecule has 7 nitrogen and oxygen atoms in total. The van der Waals surface area contributed by atoms with E-state index in [0.29, 0.717) is 32.7 Å². The molecule has 0 radical (unpaired) electrons. The summed E-state index contributed by atoms with van der Waals surface area (Å²) in [4.78, 5) is 16.4. The molecule has 1 N–H and O–H groups in total. The summed E-state index contributed by atoms with van der Waals surface area (Å²) < 4.78 is 67.7. The quantitative estimate of drug-likeness (QED) is 0.622. The SMILES string of the molecule is Cc1ccc(S(=O)(=O)NCCC(=O)N2CCN(Cc3ccc(OC(F)(F)F)cc3)CC2)cc1. The molecule has 0 aromatic heterocycles. The molecule has 1 aliphatic rings. The van der Waals surface area contributed by atoms with E-state index in [1.54, 1.807) is 29.2 Å². The van der Waals surface area contributed by atoms with Crippen LogP contribution in [0, 0.1) is 6.92 Å². The van der Waals surface area contributed by atoms with E-state index in [9.17, 15) is 26.4 Å². The molecule has 0 bridgehead atoms. The second-order valence-electron chi connectivity index (χ2n) is 7.81. The number of hydrogen-bond acceptors (Lipinski definition) is 5. The molecular weight excluding hydrogens is 459 g/mol. The zero-order valence-electron chi connectivity index (χ0n) is 18.1. The standard InChI is InChI=1S/C22H26F3N3O4S/c1-17-2-8-20(9-3-17)33(30,31)26-11-10-21(29)28-14-12-27(13-15-28)16-18-4-6-19(7-5-18)32-22(23,24)25/h2-9,26H,10-16H2,1H3. The van der Waals surface area contributed by atoms with Crippen LogP contribution in [-0.4, -0.2) is 63.2 Å². The maximum atomic E-state index is 12.4. The van der Waals surface area contributed by atoms with Crippen LogP contribution in [0.25, 0.3) is 0 Å². The molecule has 1 heterocycles.